The number of halogens is 1. The van der Waals surface area contributed by atoms with Gasteiger partial charge < -0.3 is 20.3 Å². The lowest BCUT2D eigenvalue weighted by Crippen LogP contribution is -2.41. The average molecular weight is 368 g/mol. The molecule has 0 saturated carbocycles. The number of amides is 3. The number of ether oxygens (including phenoxy) is 1. The van der Waals surface area contributed by atoms with E-state index in [-0.39, 0.29) is 24.0 Å². The normalized spacial score (nSPS) is 17.0. The number of anilines is 1. The van der Waals surface area contributed by atoms with Crippen molar-refractivity contribution in [3.63, 3.8) is 0 Å². The molecule has 2 rings (SSSR count). The zero-order chi connectivity index (χ0) is 18.4. The Hall–Kier alpha value is -1.79. The van der Waals surface area contributed by atoms with E-state index < -0.39 is 0 Å². The van der Waals surface area contributed by atoms with Crippen LogP contribution in [-0.4, -0.2) is 48.7 Å². The topological polar surface area (TPSA) is 70.7 Å². The fourth-order valence-electron chi connectivity index (χ4n) is 2.84. The first kappa shape index (κ1) is 19.5. The van der Waals surface area contributed by atoms with Gasteiger partial charge in [0.1, 0.15) is 0 Å². The van der Waals surface area contributed by atoms with Crippen molar-refractivity contribution in [1.29, 1.82) is 0 Å². The van der Waals surface area contributed by atoms with Crippen molar-refractivity contribution >= 4 is 29.2 Å². The van der Waals surface area contributed by atoms with Crippen LogP contribution in [-0.2, 0) is 4.74 Å². The summed E-state index contributed by atoms with van der Waals surface area (Å²) in [6.07, 6.45) is 1.91. The summed E-state index contributed by atoms with van der Waals surface area (Å²) in [4.78, 5) is 26.6. The van der Waals surface area contributed by atoms with Crippen molar-refractivity contribution in [2.45, 2.75) is 45.7 Å². The van der Waals surface area contributed by atoms with Crippen molar-refractivity contribution in [3.05, 3.63) is 28.8 Å². The molecule has 2 N–H and O–H groups in total. The number of benzene rings is 1. The average Bonchev–Trinajstić information content (AvgIpc) is 3.02. The van der Waals surface area contributed by atoms with Crippen LogP contribution in [0.3, 0.4) is 0 Å². The predicted molar refractivity (Wildman–Crippen MR) is 99.3 cm³/mol. The van der Waals surface area contributed by atoms with Gasteiger partial charge in [0.2, 0.25) is 0 Å². The van der Waals surface area contributed by atoms with Crippen LogP contribution in [0.1, 0.15) is 44.0 Å². The molecule has 0 bridgehead atoms. The first-order valence-corrected chi connectivity index (χ1v) is 9.06. The van der Waals surface area contributed by atoms with Gasteiger partial charge in [-0.25, -0.2) is 4.79 Å². The Kier molecular flexibility index (Phi) is 7.08. The first-order valence-electron chi connectivity index (χ1n) is 8.68. The molecule has 0 aliphatic carbocycles. The summed E-state index contributed by atoms with van der Waals surface area (Å²) < 4.78 is 5.46. The van der Waals surface area contributed by atoms with E-state index in [9.17, 15) is 9.59 Å². The number of hydrogen-bond acceptors (Lipinski definition) is 3. The van der Waals surface area contributed by atoms with E-state index in [0.717, 1.165) is 12.8 Å². The summed E-state index contributed by atoms with van der Waals surface area (Å²) in [5.74, 6) is -0.258. The maximum Gasteiger partial charge on any atom is 0.322 e. The van der Waals surface area contributed by atoms with E-state index in [1.165, 1.54) is 0 Å². The molecule has 0 radical (unpaired) electrons. The summed E-state index contributed by atoms with van der Waals surface area (Å²) >= 11 is 6.12. The Morgan fingerprint density at radius 2 is 2.16 bits per heavy atom. The van der Waals surface area contributed by atoms with Crippen molar-refractivity contribution in [2.24, 2.45) is 0 Å². The van der Waals surface area contributed by atoms with Gasteiger partial charge in [0.15, 0.2) is 0 Å². The lowest BCUT2D eigenvalue weighted by molar-refractivity contribution is 0.0943. The molecular formula is C18H26ClN3O3. The standard InChI is InChI=1S/C18H26ClN3O3/c1-4-25-11-14-6-5-9-22(14)18(24)21-13-7-8-16(19)15(10-13)17(23)20-12(2)3/h7-8,10,12,14H,4-6,9,11H2,1-3H3,(H,20,23)(H,21,24). The Labute approximate surface area is 153 Å². The van der Waals surface area contributed by atoms with Gasteiger partial charge in [-0.05, 0) is 51.8 Å². The molecule has 1 fully saturated rings. The molecule has 138 valence electrons. The third-order valence-electron chi connectivity index (χ3n) is 4.03. The minimum absolute atomic E-state index is 0.00531. The molecular weight excluding hydrogens is 342 g/mol. The molecule has 0 aromatic heterocycles. The van der Waals surface area contributed by atoms with E-state index in [2.05, 4.69) is 10.6 Å². The molecule has 3 amide bonds. The molecule has 0 spiro atoms. The maximum atomic E-state index is 12.6. The number of nitrogens with one attached hydrogen (secondary N) is 2. The Balaban J connectivity index is 2.06. The highest BCUT2D eigenvalue weighted by atomic mass is 35.5. The minimum atomic E-state index is -0.258. The molecule has 1 saturated heterocycles. The van der Waals surface area contributed by atoms with Crippen LogP contribution in [0.15, 0.2) is 18.2 Å². The fourth-order valence-corrected chi connectivity index (χ4v) is 3.05. The molecule has 1 aromatic carbocycles. The smallest absolute Gasteiger partial charge is 0.322 e. The summed E-state index contributed by atoms with van der Waals surface area (Å²) in [6.45, 7) is 7.59. The van der Waals surface area contributed by atoms with Gasteiger partial charge in [-0.3, -0.25) is 4.79 Å². The number of rotatable bonds is 6. The number of carbonyl (C=O) groups is 2. The molecule has 1 aromatic rings. The van der Waals surface area contributed by atoms with Crippen molar-refractivity contribution in [2.75, 3.05) is 25.1 Å². The summed E-state index contributed by atoms with van der Waals surface area (Å²) in [7, 11) is 0. The van der Waals surface area contributed by atoms with Gasteiger partial charge in [0, 0.05) is 24.9 Å². The Morgan fingerprint density at radius 3 is 2.84 bits per heavy atom. The Bertz CT molecular complexity index is 622. The monoisotopic (exact) mass is 367 g/mol. The lowest BCUT2D eigenvalue weighted by Gasteiger charge is -2.25. The third kappa shape index (κ3) is 5.34. The van der Waals surface area contributed by atoms with Gasteiger partial charge >= 0.3 is 6.03 Å². The van der Waals surface area contributed by atoms with Crippen molar-refractivity contribution in [3.8, 4) is 0 Å². The minimum Gasteiger partial charge on any atom is -0.380 e. The van der Waals surface area contributed by atoms with E-state index in [1.807, 2.05) is 20.8 Å². The van der Waals surface area contributed by atoms with Gasteiger partial charge in [-0.1, -0.05) is 11.6 Å². The third-order valence-corrected chi connectivity index (χ3v) is 4.36. The zero-order valence-electron chi connectivity index (χ0n) is 15.0. The summed E-state index contributed by atoms with van der Waals surface area (Å²) in [5, 5.41) is 6.01. The van der Waals surface area contributed by atoms with Crippen LogP contribution < -0.4 is 10.6 Å². The van der Waals surface area contributed by atoms with Gasteiger partial charge in [-0.15, -0.1) is 0 Å². The molecule has 1 aliphatic heterocycles. The first-order chi connectivity index (χ1) is 11.9. The van der Waals surface area contributed by atoms with Crippen LogP contribution in [0.5, 0.6) is 0 Å². The van der Waals surface area contributed by atoms with Gasteiger partial charge in [0.25, 0.3) is 5.91 Å². The summed E-state index contributed by atoms with van der Waals surface area (Å²) in [6, 6.07) is 4.83. The number of urea groups is 1. The number of nitrogens with zero attached hydrogens (tertiary/aromatic N) is 1. The van der Waals surface area contributed by atoms with Crippen molar-refractivity contribution < 1.29 is 14.3 Å². The van der Waals surface area contributed by atoms with Crippen molar-refractivity contribution in [1.82, 2.24) is 10.2 Å². The quantitative estimate of drug-likeness (QED) is 0.808. The molecule has 7 heteroatoms. The maximum absolute atomic E-state index is 12.6. The molecule has 1 heterocycles. The summed E-state index contributed by atoms with van der Waals surface area (Å²) in [5.41, 5.74) is 0.894. The fraction of sp³-hybridized carbons (Fsp3) is 0.556. The highest BCUT2D eigenvalue weighted by Gasteiger charge is 2.29. The molecule has 1 atom stereocenters. The lowest BCUT2D eigenvalue weighted by atomic mass is 10.1. The van der Waals surface area contributed by atoms with Gasteiger partial charge in [-0.2, -0.15) is 0 Å². The van der Waals surface area contributed by atoms with Crippen LogP contribution >= 0.6 is 11.6 Å². The SMILES string of the molecule is CCOCC1CCCN1C(=O)Nc1ccc(Cl)c(C(=O)NC(C)C)c1. The molecule has 1 unspecified atom stereocenters. The van der Waals surface area contributed by atoms with E-state index in [0.29, 0.717) is 36.0 Å². The molecule has 1 aliphatic rings. The Morgan fingerprint density at radius 1 is 1.40 bits per heavy atom. The van der Waals surface area contributed by atoms with Crippen LogP contribution in [0, 0.1) is 0 Å². The second-order valence-corrected chi connectivity index (χ2v) is 6.81. The van der Waals surface area contributed by atoms with Crippen LogP contribution in [0.4, 0.5) is 10.5 Å². The molecule has 6 nitrogen and oxygen atoms in total. The van der Waals surface area contributed by atoms with Gasteiger partial charge in [0.05, 0.1) is 23.2 Å². The largest absolute Gasteiger partial charge is 0.380 e. The van der Waals surface area contributed by atoms with Crippen LogP contribution in [0.25, 0.3) is 0 Å². The number of likely N-dealkylation sites (tertiary alicyclic amines) is 1. The highest BCUT2D eigenvalue weighted by Crippen LogP contribution is 2.23. The van der Waals surface area contributed by atoms with E-state index >= 15 is 0 Å². The predicted octanol–water partition coefficient (Wildman–Crippen LogP) is 3.51. The van der Waals surface area contributed by atoms with E-state index in [4.69, 9.17) is 16.3 Å². The second-order valence-electron chi connectivity index (χ2n) is 6.40. The number of carbonyl (C=O) groups excluding carboxylic acids is 2. The van der Waals surface area contributed by atoms with E-state index in [1.54, 1.807) is 23.1 Å². The second kappa shape index (κ2) is 9.06. The molecule has 25 heavy (non-hydrogen) atoms. The highest BCUT2D eigenvalue weighted by molar-refractivity contribution is 6.34. The zero-order valence-corrected chi connectivity index (χ0v) is 15.7. The number of hydrogen-bond donors (Lipinski definition) is 2. The van der Waals surface area contributed by atoms with Crippen LogP contribution in [0.2, 0.25) is 5.02 Å².